The first-order valence-electron chi connectivity index (χ1n) is 10.9. The fourth-order valence-corrected chi connectivity index (χ4v) is 4.40. The standard InChI is InChI=1S/C23H31N7/c1-15-10-18(17-8-9-20(30-24)21(11-17)25-2)19-13-28-23(29-22(19)14-26-15)27-12-16-6-4-3-5-7-16/h8-11,13,15-16,24-26H,3-7,12,14H2,1-2H3,(H,27,28,29)/t15-/m1/s1. The maximum Gasteiger partial charge on any atom is 0.222 e. The van der Waals surface area contributed by atoms with Crippen LogP contribution < -0.4 is 16.0 Å². The number of hydrogen-bond donors (Lipinski definition) is 4. The summed E-state index contributed by atoms with van der Waals surface area (Å²) in [6.45, 7) is 3.80. The van der Waals surface area contributed by atoms with Gasteiger partial charge in [0, 0.05) is 37.9 Å². The Morgan fingerprint density at radius 3 is 2.83 bits per heavy atom. The summed E-state index contributed by atoms with van der Waals surface area (Å²) >= 11 is 0. The van der Waals surface area contributed by atoms with Gasteiger partial charge >= 0.3 is 0 Å². The molecule has 1 aliphatic carbocycles. The van der Waals surface area contributed by atoms with Crippen LogP contribution in [0.1, 0.15) is 55.8 Å². The van der Waals surface area contributed by atoms with Gasteiger partial charge in [-0.05, 0) is 49.0 Å². The summed E-state index contributed by atoms with van der Waals surface area (Å²) in [5.74, 6) is 1.45. The number of hydrogen-bond acceptors (Lipinski definition) is 7. The summed E-state index contributed by atoms with van der Waals surface area (Å²) in [4.78, 5) is 9.49. The number of benzene rings is 1. The van der Waals surface area contributed by atoms with Crippen molar-refractivity contribution >= 4 is 22.9 Å². The van der Waals surface area contributed by atoms with Crippen LogP contribution in [0.4, 0.5) is 17.3 Å². The van der Waals surface area contributed by atoms with Crippen LogP contribution in [0, 0.1) is 11.4 Å². The van der Waals surface area contributed by atoms with Crippen molar-refractivity contribution in [2.45, 2.75) is 51.6 Å². The molecule has 158 valence electrons. The summed E-state index contributed by atoms with van der Waals surface area (Å²) in [5.41, 5.74) is 13.0. The van der Waals surface area contributed by atoms with E-state index in [2.05, 4.69) is 39.0 Å². The van der Waals surface area contributed by atoms with Crippen molar-refractivity contribution in [3.63, 3.8) is 0 Å². The summed E-state index contributed by atoms with van der Waals surface area (Å²) in [6.07, 6.45) is 10.8. The number of nitrogens with zero attached hydrogens (tertiary/aromatic N) is 3. The lowest BCUT2D eigenvalue weighted by atomic mass is 9.89. The summed E-state index contributed by atoms with van der Waals surface area (Å²) in [5, 5.41) is 13.7. The zero-order chi connectivity index (χ0) is 20.9. The van der Waals surface area contributed by atoms with Crippen molar-refractivity contribution in [1.82, 2.24) is 15.3 Å². The van der Waals surface area contributed by atoms with Gasteiger partial charge in [0.25, 0.3) is 0 Å². The third-order valence-electron chi connectivity index (χ3n) is 6.14. The lowest BCUT2D eigenvalue weighted by molar-refractivity contribution is 0.373. The molecule has 4 rings (SSSR count). The molecule has 0 bridgehead atoms. The molecule has 0 unspecified atom stereocenters. The smallest absolute Gasteiger partial charge is 0.222 e. The third kappa shape index (κ3) is 4.51. The average Bonchev–Trinajstić information content (AvgIpc) is 2.96. The lowest BCUT2D eigenvalue weighted by Gasteiger charge is -2.22. The van der Waals surface area contributed by atoms with Gasteiger partial charge in [0.05, 0.1) is 11.4 Å². The second-order valence-corrected chi connectivity index (χ2v) is 8.28. The van der Waals surface area contributed by atoms with Crippen molar-refractivity contribution in [1.29, 1.82) is 5.53 Å². The Kier molecular flexibility index (Phi) is 6.38. The molecule has 1 aliphatic heterocycles. The molecular weight excluding hydrogens is 374 g/mol. The highest BCUT2D eigenvalue weighted by molar-refractivity contribution is 5.84. The first kappa shape index (κ1) is 20.5. The molecule has 1 aromatic carbocycles. The van der Waals surface area contributed by atoms with Crippen LogP contribution in [-0.2, 0) is 6.54 Å². The topological polar surface area (TPSA) is 98.1 Å². The van der Waals surface area contributed by atoms with Crippen LogP contribution in [0.25, 0.3) is 5.57 Å². The molecule has 1 fully saturated rings. The highest BCUT2D eigenvalue weighted by Crippen LogP contribution is 2.33. The minimum absolute atomic E-state index is 0.214. The normalized spacial score (nSPS) is 19.4. The Balaban J connectivity index is 1.61. The Hall–Kier alpha value is -2.80. The van der Waals surface area contributed by atoms with Crippen LogP contribution in [0.5, 0.6) is 0 Å². The average molecular weight is 406 g/mol. The molecule has 1 saturated carbocycles. The number of rotatable bonds is 6. The maximum atomic E-state index is 7.36. The molecule has 7 nitrogen and oxygen atoms in total. The van der Waals surface area contributed by atoms with Gasteiger partial charge in [-0.2, -0.15) is 5.11 Å². The van der Waals surface area contributed by atoms with Crippen molar-refractivity contribution < 1.29 is 0 Å². The van der Waals surface area contributed by atoms with Gasteiger partial charge < -0.3 is 16.0 Å². The van der Waals surface area contributed by atoms with E-state index in [-0.39, 0.29) is 6.04 Å². The molecule has 0 saturated heterocycles. The van der Waals surface area contributed by atoms with Crippen molar-refractivity contribution in [3.8, 4) is 0 Å². The van der Waals surface area contributed by atoms with E-state index in [0.717, 1.165) is 40.5 Å². The van der Waals surface area contributed by atoms with Crippen molar-refractivity contribution in [2.24, 2.45) is 11.0 Å². The van der Waals surface area contributed by atoms with Gasteiger partial charge in [0.1, 0.15) is 5.69 Å². The molecule has 2 heterocycles. The Labute approximate surface area is 178 Å². The van der Waals surface area contributed by atoms with Crippen LogP contribution in [0.3, 0.4) is 0 Å². The van der Waals surface area contributed by atoms with E-state index in [0.29, 0.717) is 18.2 Å². The van der Waals surface area contributed by atoms with Crippen LogP contribution >= 0.6 is 0 Å². The molecule has 0 spiro atoms. The lowest BCUT2D eigenvalue weighted by Crippen LogP contribution is -2.23. The van der Waals surface area contributed by atoms with Crippen LogP contribution in [0.2, 0.25) is 0 Å². The van der Waals surface area contributed by atoms with Crippen molar-refractivity contribution in [2.75, 3.05) is 24.2 Å². The van der Waals surface area contributed by atoms with E-state index in [1.54, 1.807) is 0 Å². The molecule has 0 amide bonds. The van der Waals surface area contributed by atoms with Gasteiger partial charge in [-0.1, -0.05) is 31.4 Å². The number of nitrogens with one attached hydrogen (secondary N) is 4. The molecule has 2 aromatic rings. The van der Waals surface area contributed by atoms with E-state index in [9.17, 15) is 0 Å². The van der Waals surface area contributed by atoms with Gasteiger partial charge in [-0.25, -0.2) is 15.5 Å². The Bertz CT molecular complexity index is 931. The fraction of sp³-hybridized carbons (Fsp3) is 0.478. The molecule has 30 heavy (non-hydrogen) atoms. The first-order valence-corrected chi connectivity index (χ1v) is 10.9. The van der Waals surface area contributed by atoms with E-state index in [1.165, 1.54) is 32.1 Å². The van der Waals surface area contributed by atoms with Crippen LogP contribution in [0.15, 0.2) is 35.6 Å². The van der Waals surface area contributed by atoms with Gasteiger partial charge in [-0.3, -0.25) is 0 Å². The number of anilines is 2. The molecule has 1 aromatic heterocycles. The summed E-state index contributed by atoms with van der Waals surface area (Å²) in [6, 6.07) is 6.14. The molecule has 0 radical (unpaired) electrons. The Morgan fingerprint density at radius 2 is 2.07 bits per heavy atom. The van der Waals surface area contributed by atoms with E-state index in [4.69, 9.17) is 10.5 Å². The van der Waals surface area contributed by atoms with Crippen molar-refractivity contribution in [3.05, 3.63) is 47.3 Å². The second kappa shape index (κ2) is 9.34. The predicted octanol–water partition coefficient (Wildman–Crippen LogP) is 5.10. The maximum absolute atomic E-state index is 7.36. The minimum atomic E-state index is 0.214. The third-order valence-corrected chi connectivity index (χ3v) is 6.14. The molecular formula is C23H31N7. The minimum Gasteiger partial charge on any atom is -0.386 e. The van der Waals surface area contributed by atoms with Gasteiger partial charge in [0.2, 0.25) is 5.95 Å². The van der Waals surface area contributed by atoms with E-state index in [1.807, 2.05) is 31.4 Å². The quantitative estimate of drug-likeness (QED) is 0.502. The van der Waals surface area contributed by atoms with E-state index >= 15 is 0 Å². The first-order chi connectivity index (χ1) is 14.7. The summed E-state index contributed by atoms with van der Waals surface area (Å²) in [7, 11) is 1.85. The summed E-state index contributed by atoms with van der Waals surface area (Å²) < 4.78 is 0. The SMILES string of the molecule is CNc1cc(C2=C[C@@H](C)NCc3nc(NCC4CCCCC4)ncc32)ccc1N=N. The zero-order valence-electron chi connectivity index (χ0n) is 17.8. The monoisotopic (exact) mass is 405 g/mol. The molecule has 4 N–H and O–H groups in total. The number of fused-ring (bicyclic) bond motifs is 1. The largest absolute Gasteiger partial charge is 0.386 e. The predicted molar refractivity (Wildman–Crippen MR) is 121 cm³/mol. The fourth-order valence-electron chi connectivity index (χ4n) is 4.40. The zero-order valence-corrected chi connectivity index (χ0v) is 17.8. The number of aromatic nitrogens is 2. The van der Waals surface area contributed by atoms with Gasteiger partial charge in [-0.15, -0.1) is 0 Å². The van der Waals surface area contributed by atoms with E-state index < -0.39 is 0 Å². The molecule has 7 heteroatoms. The Morgan fingerprint density at radius 1 is 1.23 bits per heavy atom. The molecule has 1 atom stereocenters. The highest BCUT2D eigenvalue weighted by atomic mass is 15.1. The van der Waals surface area contributed by atoms with Crippen LogP contribution in [-0.4, -0.2) is 29.6 Å². The second-order valence-electron chi connectivity index (χ2n) is 8.28. The highest BCUT2D eigenvalue weighted by Gasteiger charge is 2.20. The van der Waals surface area contributed by atoms with Gasteiger partial charge in [0.15, 0.2) is 0 Å². The molecule has 2 aliphatic rings.